The lowest BCUT2D eigenvalue weighted by atomic mass is 9.90. The molecule has 1 aliphatic rings. The lowest BCUT2D eigenvalue weighted by Crippen LogP contribution is -2.04. The number of hydrogen-bond donors (Lipinski definition) is 0. The number of rotatable bonds is 9. The Kier molecular flexibility index (Phi) is 20.6. The summed E-state index contributed by atoms with van der Waals surface area (Å²) in [5, 5.41) is 0. The average Bonchev–Trinajstić information content (AvgIpc) is 3.00. The minimum absolute atomic E-state index is 0.924. The Balaban J connectivity index is 0. The molecule has 1 fully saturated rings. The molecule has 124 valence electrons. The second-order valence-corrected chi connectivity index (χ2v) is 5.77. The molecule has 0 saturated heterocycles. The summed E-state index contributed by atoms with van der Waals surface area (Å²) in [6.07, 6.45) is 20.6. The van der Waals surface area contributed by atoms with Crippen molar-refractivity contribution in [2.75, 3.05) is 0 Å². The van der Waals surface area contributed by atoms with E-state index in [-0.39, 0.29) is 0 Å². The molecular formula is C21H40. The van der Waals surface area contributed by atoms with Crippen LogP contribution in [-0.4, -0.2) is 0 Å². The smallest absolute Gasteiger partial charge is 0.0205 e. The number of hydrogen-bond acceptors (Lipinski definition) is 0. The van der Waals surface area contributed by atoms with Gasteiger partial charge in [0.25, 0.3) is 0 Å². The molecule has 1 saturated carbocycles. The second kappa shape index (κ2) is 19.2. The van der Waals surface area contributed by atoms with E-state index < -0.39 is 0 Å². The molecule has 0 spiro atoms. The maximum Gasteiger partial charge on any atom is -0.0205 e. The summed E-state index contributed by atoms with van der Waals surface area (Å²) in [6.45, 7) is 16.6. The van der Waals surface area contributed by atoms with Crippen LogP contribution in [0.3, 0.4) is 0 Å². The van der Waals surface area contributed by atoms with Gasteiger partial charge in [0.2, 0.25) is 0 Å². The Bertz CT molecular complexity index is 214. The van der Waals surface area contributed by atoms with Crippen molar-refractivity contribution in [1.29, 1.82) is 0 Å². The van der Waals surface area contributed by atoms with Crippen molar-refractivity contribution in [1.82, 2.24) is 0 Å². The molecule has 1 unspecified atom stereocenters. The SMILES string of the molecule is C=C.C=C.CCCCCC/C=C/C1CCC[C@@H]1CCCC. The van der Waals surface area contributed by atoms with Crippen molar-refractivity contribution in [3.8, 4) is 0 Å². The highest BCUT2D eigenvalue weighted by molar-refractivity contribution is 4.94. The highest BCUT2D eigenvalue weighted by Crippen LogP contribution is 2.36. The van der Waals surface area contributed by atoms with Crippen LogP contribution >= 0.6 is 0 Å². The highest BCUT2D eigenvalue weighted by atomic mass is 14.3. The summed E-state index contributed by atoms with van der Waals surface area (Å²) in [6, 6.07) is 0. The van der Waals surface area contributed by atoms with Crippen molar-refractivity contribution >= 4 is 0 Å². The molecule has 21 heavy (non-hydrogen) atoms. The van der Waals surface area contributed by atoms with Crippen LogP contribution in [0.25, 0.3) is 0 Å². The Labute approximate surface area is 135 Å². The van der Waals surface area contributed by atoms with E-state index in [2.05, 4.69) is 52.3 Å². The first kappa shape index (κ1) is 22.5. The topological polar surface area (TPSA) is 0 Å². The first-order chi connectivity index (χ1) is 10.4. The van der Waals surface area contributed by atoms with Gasteiger partial charge in [0.1, 0.15) is 0 Å². The third kappa shape index (κ3) is 12.7. The third-order valence-corrected chi connectivity index (χ3v) is 4.25. The molecule has 0 aromatic carbocycles. The summed E-state index contributed by atoms with van der Waals surface area (Å²) >= 11 is 0. The summed E-state index contributed by atoms with van der Waals surface area (Å²) in [5.74, 6) is 1.94. The normalized spacial score (nSPS) is 20.5. The van der Waals surface area contributed by atoms with Crippen LogP contribution in [0.2, 0.25) is 0 Å². The van der Waals surface area contributed by atoms with Crippen molar-refractivity contribution in [2.24, 2.45) is 11.8 Å². The summed E-state index contributed by atoms with van der Waals surface area (Å²) in [4.78, 5) is 0. The van der Waals surface area contributed by atoms with Crippen LogP contribution in [-0.2, 0) is 0 Å². The largest absolute Gasteiger partial charge is 0.106 e. The number of allylic oxidation sites excluding steroid dienone is 2. The van der Waals surface area contributed by atoms with E-state index in [1.165, 1.54) is 70.6 Å². The van der Waals surface area contributed by atoms with Gasteiger partial charge in [-0.05, 0) is 43.9 Å². The first-order valence-electron chi connectivity index (χ1n) is 9.05. The van der Waals surface area contributed by atoms with Gasteiger partial charge in [-0.3, -0.25) is 0 Å². The van der Waals surface area contributed by atoms with Crippen molar-refractivity contribution in [3.63, 3.8) is 0 Å². The van der Waals surface area contributed by atoms with Crippen molar-refractivity contribution in [3.05, 3.63) is 38.5 Å². The van der Waals surface area contributed by atoms with Crippen molar-refractivity contribution in [2.45, 2.75) is 84.5 Å². The molecule has 0 aromatic rings. The predicted octanol–water partition coefficient (Wildman–Crippen LogP) is 7.72. The van der Waals surface area contributed by atoms with Gasteiger partial charge in [-0.15, -0.1) is 26.3 Å². The second-order valence-electron chi connectivity index (χ2n) is 5.77. The van der Waals surface area contributed by atoms with E-state index in [0.29, 0.717) is 0 Å². The van der Waals surface area contributed by atoms with Gasteiger partial charge < -0.3 is 0 Å². The van der Waals surface area contributed by atoms with Gasteiger partial charge >= 0.3 is 0 Å². The fourth-order valence-electron chi connectivity index (χ4n) is 3.10. The Morgan fingerprint density at radius 3 is 2.14 bits per heavy atom. The zero-order valence-corrected chi connectivity index (χ0v) is 14.9. The van der Waals surface area contributed by atoms with Crippen LogP contribution in [0.5, 0.6) is 0 Å². The minimum atomic E-state index is 0.924. The average molecular weight is 293 g/mol. The summed E-state index contributed by atoms with van der Waals surface area (Å²) in [5.41, 5.74) is 0. The molecule has 1 rings (SSSR count). The monoisotopic (exact) mass is 292 g/mol. The fourth-order valence-corrected chi connectivity index (χ4v) is 3.10. The molecule has 0 radical (unpaired) electrons. The zero-order chi connectivity index (χ0) is 16.3. The van der Waals surface area contributed by atoms with Gasteiger partial charge in [0.15, 0.2) is 0 Å². The predicted molar refractivity (Wildman–Crippen MR) is 101 cm³/mol. The number of unbranched alkanes of at least 4 members (excludes halogenated alkanes) is 5. The molecule has 0 bridgehead atoms. The van der Waals surface area contributed by atoms with Gasteiger partial charge in [0, 0.05) is 0 Å². The summed E-state index contributed by atoms with van der Waals surface area (Å²) in [7, 11) is 0. The molecule has 2 atom stereocenters. The molecule has 0 heterocycles. The Morgan fingerprint density at radius 1 is 0.857 bits per heavy atom. The molecule has 1 aliphatic carbocycles. The lowest BCUT2D eigenvalue weighted by molar-refractivity contribution is 0.410. The standard InChI is InChI=1S/C17H32.2C2H4/c1-3-5-7-8-9-10-13-17-15-11-14-16(17)12-6-4-2;2*1-2/h10,13,16-17H,3-9,11-12,14-15H2,1-2H3;2*1-2H2/b13-10+;;/t16-,17?;;/m0../s1. The van der Waals surface area contributed by atoms with E-state index in [9.17, 15) is 0 Å². The van der Waals surface area contributed by atoms with Gasteiger partial charge in [0.05, 0.1) is 0 Å². The van der Waals surface area contributed by atoms with E-state index in [1.807, 2.05) is 0 Å². The molecule has 0 nitrogen and oxygen atoms in total. The van der Waals surface area contributed by atoms with E-state index in [4.69, 9.17) is 0 Å². The van der Waals surface area contributed by atoms with E-state index in [0.717, 1.165) is 11.8 Å². The van der Waals surface area contributed by atoms with Crippen LogP contribution in [0.4, 0.5) is 0 Å². The molecule has 0 amide bonds. The van der Waals surface area contributed by atoms with Crippen LogP contribution in [0.15, 0.2) is 38.5 Å². The van der Waals surface area contributed by atoms with Crippen molar-refractivity contribution < 1.29 is 0 Å². The maximum absolute atomic E-state index is 3.00. The van der Waals surface area contributed by atoms with Crippen LogP contribution < -0.4 is 0 Å². The van der Waals surface area contributed by atoms with Gasteiger partial charge in [-0.25, -0.2) is 0 Å². The first-order valence-corrected chi connectivity index (χ1v) is 9.05. The molecule has 0 aliphatic heterocycles. The van der Waals surface area contributed by atoms with E-state index >= 15 is 0 Å². The molecule has 0 aromatic heterocycles. The Morgan fingerprint density at radius 2 is 1.52 bits per heavy atom. The van der Waals surface area contributed by atoms with Gasteiger partial charge in [-0.1, -0.05) is 64.5 Å². The third-order valence-electron chi connectivity index (χ3n) is 4.25. The highest BCUT2D eigenvalue weighted by Gasteiger charge is 2.23. The van der Waals surface area contributed by atoms with E-state index in [1.54, 1.807) is 0 Å². The summed E-state index contributed by atoms with van der Waals surface area (Å²) < 4.78 is 0. The molecule has 0 heteroatoms. The quantitative estimate of drug-likeness (QED) is 0.301. The lowest BCUT2D eigenvalue weighted by Gasteiger charge is -2.15. The van der Waals surface area contributed by atoms with Gasteiger partial charge in [-0.2, -0.15) is 0 Å². The maximum atomic E-state index is 3.00. The van der Waals surface area contributed by atoms with Crippen LogP contribution in [0, 0.1) is 11.8 Å². The van der Waals surface area contributed by atoms with Crippen LogP contribution in [0.1, 0.15) is 84.5 Å². The Hall–Kier alpha value is -0.780. The molecule has 0 N–H and O–H groups in total. The molecular weight excluding hydrogens is 252 g/mol. The fraction of sp³-hybridized carbons (Fsp3) is 0.714. The zero-order valence-electron chi connectivity index (χ0n) is 14.9. The minimum Gasteiger partial charge on any atom is -0.106 e.